The first-order valence-electron chi connectivity index (χ1n) is 7.09. The molecule has 0 aliphatic carbocycles. The molecule has 0 bridgehead atoms. The van der Waals surface area contributed by atoms with Gasteiger partial charge in [-0.25, -0.2) is 8.78 Å². The quantitative estimate of drug-likeness (QED) is 0.556. The van der Waals surface area contributed by atoms with Gasteiger partial charge in [-0.15, -0.1) is 0 Å². The molecule has 0 spiro atoms. The minimum atomic E-state index is -0.519. The van der Waals surface area contributed by atoms with E-state index in [0.717, 1.165) is 6.07 Å². The van der Waals surface area contributed by atoms with Crippen molar-refractivity contribution in [2.24, 2.45) is 0 Å². The van der Waals surface area contributed by atoms with Crippen LogP contribution in [0.2, 0.25) is 0 Å². The second-order valence-electron chi connectivity index (χ2n) is 4.50. The van der Waals surface area contributed by atoms with Crippen LogP contribution in [0.5, 0.6) is 0 Å². The molecule has 0 aliphatic rings. The molecular formula is C16H26F2. The zero-order valence-electron chi connectivity index (χ0n) is 11.9. The lowest BCUT2D eigenvalue weighted by molar-refractivity contribution is 0.573. The Balaban J connectivity index is 0.000000331. The van der Waals surface area contributed by atoms with Crippen molar-refractivity contribution >= 4 is 0 Å². The number of hydrogen-bond acceptors (Lipinski definition) is 0. The van der Waals surface area contributed by atoms with E-state index in [1.165, 1.54) is 50.7 Å². The van der Waals surface area contributed by atoms with Gasteiger partial charge in [-0.3, -0.25) is 0 Å². The van der Waals surface area contributed by atoms with E-state index in [0.29, 0.717) is 12.0 Å². The molecule has 1 rings (SSSR count). The smallest absolute Gasteiger partial charge is 0.129 e. The van der Waals surface area contributed by atoms with Crippen molar-refractivity contribution in [3.8, 4) is 0 Å². The van der Waals surface area contributed by atoms with E-state index in [4.69, 9.17) is 0 Å². The standard InChI is InChI=1S/C8H8F2.C8H18/c1-2-6-3-4-7(9)5-8(6)10;1-3-5-7-8-6-4-2/h3-5H,2H2,1H3;3-8H2,1-2H3. The van der Waals surface area contributed by atoms with Crippen molar-refractivity contribution in [3.63, 3.8) is 0 Å². The molecule has 1 aromatic rings. The highest BCUT2D eigenvalue weighted by Crippen LogP contribution is 2.09. The van der Waals surface area contributed by atoms with Crippen LogP contribution in [0.25, 0.3) is 0 Å². The summed E-state index contributed by atoms with van der Waals surface area (Å²) in [7, 11) is 0. The zero-order chi connectivity index (χ0) is 13.8. The molecule has 0 unspecified atom stereocenters. The first kappa shape index (κ1) is 17.1. The first-order valence-corrected chi connectivity index (χ1v) is 7.09. The Labute approximate surface area is 110 Å². The highest BCUT2D eigenvalue weighted by Gasteiger charge is 1.99. The summed E-state index contributed by atoms with van der Waals surface area (Å²) in [5.74, 6) is -0.975. The molecule has 2 heteroatoms. The molecule has 0 N–H and O–H groups in total. The Kier molecular flexibility index (Phi) is 10.6. The second-order valence-corrected chi connectivity index (χ2v) is 4.50. The van der Waals surface area contributed by atoms with Crippen molar-refractivity contribution in [1.29, 1.82) is 0 Å². The van der Waals surface area contributed by atoms with Crippen LogP contribution in [-0.2, 0) is 6.42 Å². The molecule has 0 aromatic heterocycles. The van der Waals surface area contributed by atoms with Crippen LogP contribution in [0.3, 0.4) is 0 Å². The Morgan fingerprint density at radius 1 is 0.833 bits per heavy atom. The average Bonchev–Trinajstić information content (AvgIpc) is 2.36. The van der Waals surface area contributed by atoms with Gasteiger partial charge in [0.15, 0.2) is 0 Å². The third-order valence-electron chi connectivity index (χ3n) is 2.85. The van der Waals surface area contributed by atoms with Gasteiger partial charge in [0.25, 0.3) is 0 Å². The van der Waals surface area contributed by atoms with Crippen LogP contribution >= 0.6 is 0 Å². The highest BCUT2D eigenvalue weighted by atomic mass is 19.1. The van der Waals surface area contributed by atoms with Crippen molar-refractivity contribution in [3.05, 3.63) is 35.4 Å². The summed E-state index contributed by atoms with van der Waals surface area (Å²) in [5, 5.41) is 0. The van der Waals surface area contributed by atoms with Crippen LogP contribution in [0, 0.1) is 11.6 Å². The lowest BCUT2D eigenvalue weighted by Gasteiger charge is -1.96. The maximum absolute atomic E-state index is 12.6. The number of unbranched alkanes of at least 4 members (excludes halogenated alkanes) is 5. The van der Waals surface area contributed by atoms with Gasteiger partial charge in [0.2, 0.25) is 0 Å². The normalized spacial score (nSPS) is 9.83. The molecule has 0 heterocycles. The number of rotatable bonds is 6. The van der Waals surface area contributed by atoms with E-state index in [-0.39, 0.29) is 0 Å². The van der Waals surface area contributed by atoms with Gasteiger partial charge in [-0.2, -0.15) is 0 Å². The number of hydrogen-bond donors (Lipinski definition) is 0. The van der Waals surface area contributed by atoms with E-state index in [2.05, 4.69) is 13.8 Å². The van der Waals surface area contributed by atoms with Gasteiger partial charge in [-0.1, -0.05) is 65.4 Å². The predicted octanol–water partition coefficient (Wildman–Crippen LogP) is 5.89. The lowest BCUT2D eigenvalue weighted by atomic mass is 10.1. The monoisotopic (exact) mass is 256 g/mol. The van der Waals surface area contributed by atoms with Crippen LogP contribution < -0.4 is 0 Å². The Hall–Kier alpha value is -0.920. The minimum absolute atomic E-state index is 0.456. The predicted molar refractivity (Wildman–Crippen MR) is 74.8 cm³/mol. The van der Waals surface area contributed by atoms with Crippen LogP contribution in [0.1, 0.15) is 64.9 Å². The van der Waals surface area contributed by atoms with Gasteiger partial charge < -0.3 is 0 Å². The minimum Gasteiger partial charge on any atom is -0.207 e. The summed E-state index contributed by atoms with van der Waals surface area (Å²) in [6.07, 6.45) is 9.09. The van der Waals surface area contributed by atoms with Crippen LogP contribution in [0.4, 0.5) is 8.78 Å². The van der Waals surface area contributed by atoms with E-state index >= 15 is 0 Å². The summed E-state index contributed by atoms with van der Waals surface area (Å²) >= 11 is 0. The average molecular weight is 256 g/mol. The number of benzene rings is 1. The van der Waals surface area contributed by atoms with Crippen LogP contribution in [0.15, 0.2) is 18.2 Å². The highest BCUT2D eigenvalue weighted by molar-refractivity contribution is 5.17. The van der Waals surface area contributed by atoms with Gasteiger partial charge >= 0.3 is 0 Å². The van der Waals surface area contributed by atoms with Crippen molar-refractivity contribution in [2.75, 3.05) is 0 Å². The SMILES string of the molecule is CCCCCCCC.CCc1ccc(F)cc1F. The first-order chi connectivity index (χ1) is 8.65. The van der Waals surface area contributed by atoms with Crippen molar-refractivity contribution < 1.29 is 8.78 Å². The summed E-state index contributed by atoms with van der Waals surface area (Å²) in [6.45, 7) is 6.34. The third kappa shape index (κ3) is 8.21. The molecule has 0 saturated carbocycles. The van der Waals surface area contributed by atoms with Gasteiger partial charge in [0, 0.05) is 6.07 Å². The maximum atomic E-state index is 12.6. The Bertz CT molecular complexity index is 302. The number of halogens is 2. The molecule has 18 heavy (non-hydrogen) atoms. The molecule has 0 fully saturated rings. The summed E-state index contributed by atoms with van der Waals surface area (Å²) in [4.78, 5) is 0. The lowest BCUT2D eigenvalue weighted by Crippen LogP contribution is -1.87. The maximum Gasteiger partial charge on any atom is 0.129 e. The van der Waals surface area contributed by atoms with Gasteiger partial charge in [0.05, 0.1) is 0 Å². The summed E-state index contributed by atoms with van der Waals surface area (Å²) in [5.41, 5.74) is 0.557. The summed E-state index contributed by atoms with van der Waals surface area (Å²) in [6, 6.07) is 3.63. The molecule has 0 nitrogen and oxygen atoms in total. The molecule has 0 radical (unpaired) electrons. The van der Waals surface area contributed by atoms with Gasteiger partial charge in [0.1, 0.15) is 11.6 Å². The van der Waals surface area contributed by atoms with Crippen molar-refractivity contribution in [2.45, 2.75) is 65.7 Å². The fraction of sp³-hybridized carbons (Fsp3) is 0.625. The largest absolute Gasteiger partial charge is 0.207 e. The number of aryl methyl sites for hydroxylation is 1. The van der Waals surface area contributed by atoms with E-state index < -0.39 is 11.6 Å². The van der Waals surface area contributed by atoms with Gasteiger partial charge in [-0.05, 0) is 18.1 Å². The molecule has 0 aliphatic heterocycles. The van der Waals surface area contributed by atoms with E-state index in [9.17, 15) is 8.78 Å². The molecule has 0 saturated heterocycles. The summed E-state index contributed by atoms with van der Waals surface area (Å²) < 4.78 is 24.9. The van der Waals surface area contributed by atoms with Crippen LogP contribution in [-0.4, -0.2) is 0 Å². The second kappa shape index (κ2) is 11.2. The fourth-order valence-electron chi connectivity index (χ4n) is 1.66. The van der Waals surface area contributed by atoms with E-state index in [1.54, 1.807) is 0 Å². The molecule has 0 atom stereocenters. The molecule has 1 aromatic carbocycles. The Morgan fingerprint density at radius 3 is 1.78 bits per heavy atom. The fourth-order valence-corrected chi connectivity index (χ4v) is 1.66. The molecular weight excluding hydrogens is 230 g/mol. The van der Waals surface area contributed by atoms with E-state index in [1.807, 2.05) is 6.92 Å². The topological polar surface area (TPSA) is 0 Å². The van der Waals surface area contributed by atoms with Crippen molar-refractivity contribution in [1.82, 2.24) is 0 Å². The zero-order valence-corrected chi connectivity index (χ0v) is 11.9. The molecule has 104 valence electrons. The Morgan fingerprint density at radius 2 is 1.39 bits per heavy atom. The third-order valence-corrected chi connectivity index (χ3v) is 2.85. The molecule has 0 amide bonds.